The molecule has 0 amide bonds. The molecule has 1 fully saturated rings. The van der Waals surface area contributed by atoms with E-state index >= 15 is 0 Å². The van der Waals surface area contributed by atoms with Crippen molar-refractivity contribution in [3.8, 4) is 5.69 Å². The third-order valence-corrected chi connectivity index (χ3v) is 6.07. The van der Waals surface area contributed by atoms with Crippen molar-refractivity contribution in [1.29, 1.82) is 0 Å². The summed E-state index contributed by atoms with van der Waals surface area (Å²) in [5.74, 6) is 0. The van der Waals surface area contributed by atoms with E-state index in [0.29, 0.717) is 0 Å². The number of aromatic nitrogens is 2. The molecule has 0 saturated carbocycles. The van der Waals surface area contributed by atoms with Crippen LogP contribution in [0.4, 0.5) is 5.69 Å². The van der Waals surface area contributed by atoms with Crippen LogP contribution in [0.2, 0.25) is 0 Å². The predicted octanol–water partition coefficient (Wildman–Crippen LogP) is 6.16. The lowest BCUT2D eigenvalue weighted by molar-refractivity contribution is 0.878. The van der Waals surface area contributed by atoms with Gasteiger partial charge in [-0.15, -0.1) is 0 Å². The van der Waals surface area contributed by atoms with Gasteiger partial charge in [-0.3, -0.25) is 0 Å². The van der Waals surface area contributed by atoms with Gasteiger partial charge in [0.05, 0.1) is 11.9 Å². The van der Waals surface area contributed by atoms with E-state index in [-0.39, 0.29) is 0 Å². The average molecular weight is 388 g/mol. The summed E-state index contributed by atoms with van der Waals surface area (Å²) in [6.45, 7) is 12.8. The Hall–Kier alpha value is -2.72. The molecule has 1 aromatic heterocycles. The molecule has 1 aliphatic heterocycles. The van der Waals surface area contributed by atoms with Gasteiger partial charge in [0.1, 0.15) is 0 Å². The van der Waals surface area contributed by atoms with Crippen molar-refractivity contribution in [1.82, 2.24) is 9.78 Å². The van der Waals surface area contributed by atoms with Crippen LogP contribution in [0, 0.1) is 6.92 Å². The first-order valence-corrected chi connectivity index (χ1v) is 10.4. The van der Waals surface area contributed by atoms with Crippen molar-refractivity contribution in [3.63, 3.8) is 0 Å². The number of thioether (sulfide) groups is 1. The Kier molecular flexibility index (Phi) is 5.40. The standard InChI is InChI=1S/C24H25N3S/c1-18-6-8-21(9-7-18)19(2)28-20(3)22-16-25-27(17-22)24-12-10-23(11-13-24)26-14-4-5-15-26/h6-13,16-17H,2-5,14-15H2,1H3. The summed E-state index contributed by atoms with van der Waals surface area (Å²) in [4.78, 5) is 4.38. The molecule has 0 bridgehead atoms. The quantitative estimate of drug-likeness (QED) is 0.506. The Bertz CT molecular complexity index is 977. The number of hydrogen-bond donors (Lipinski definition) is 0. The average Bonchev–Trinajstić information content (AvgIpc) is 3.41. The van der Waals surface area contributed by atoms with Crippen LogP contribution < -0.4 is 4.90 Å². The number of nitrogens with zero attached hydrogens (tertiary/aromatic N) is 3. The van der Waals surface area contributed by atoms with Gasteiger partial charge in [-0.25, -0.2) is 4.68 Å². The van der Waals surface area contributed by atoms with Crippen LogP contribution >= 0.6 is 11.8 Å². The Labute approximate surface area is 171 Å². The summed E-state index contributed by atoms with van der Waals surface area (Å²) in [7, 11) is 0. The van der Waals surface area contributed by atoms with Crippen LogP contribution in [-0.2, 0) is 0 Å². The molecule has 4 heteroatoms. The first-order chi connectivity index (χ1) is 13.6. The van der Waals surface area contributed by atoms with Crippen molar-refractivity contribution in [2.45, 2.75) is 19.8 Å². The molecule has 1 aliphatic rings. The van der Waals surface area contributed by atoms with Crippen LogP contribution in [0.5, 0.6) is 0 Å². The lowest BCUT2D eigenvalue weighted by Crippen LogP contribution is -2.17. The fraction of sp³-hybridized carbons (Fsp3) is 0.208. The molecule has 28 heavy (non-hydrogen) atoms. The van der Waals surface area contributed by atoms with Crippen molar-refractivity contribution in [2.24, 2.45) is 0 Å². The van der Waals surface area contributed by atoms with Gasteiger partial charge in [0, 0.05) is 40.3 Å². The minimum absolute atomic E-state index is 0.950. The summed E-state index contributed by atoms with van der Waals surface area (Å²) >= 11 is 1.59. The maximum atomic E-state index is 4.53. The molecule has 2 heterocycles. The lowest BCUT2D eigenvalue weighted by Gasteiger charge is -2.17. The van der Waals surface area contributed by atoms with Crippen molar-refractivity contribution in [2.75, 3.05) is 18.0 Å². The van der Waals surface area contributed by atoms with Crippen LogP contribution in [0.3, 0.4) is 0 Å². The highest BCUT2D eigenvalue weighted by Crippen LogP contribution is 2.36. The summed E-state index contributed by atoms with van der Waals surface area (Å²) in [5, 5.41) is 4.53. The number of hydrogen-bond acceptors (Lipinski definition) is 3. The molecule has 142 valence electrons. The van der Waals surface area contributed by atoms with Gasteiger partial charge in [0.25, 0.3) is 0 Å². The fourth-order valence-electron chi connectivity index (χ4n) is 3.41. The Balaban J connectivity index is 1.44. The zero-order chi connectivity index (χ0) is 19.5. The smallest absolute Gasteiger partial charge is 0.0647 e. The van der Waals surface area contributed by atoms with Gasteiger partial charge in [0.2, 0.25) is 0 Å². The van der Waals surface area contributed by atoms with E-state index in [4.69, 9.17) is 0 Å². The number of anilines is 1. The second-order valence-electron chi connectivity index (χ2n) is 7.20. The zero-order valence-electron chi connectivity index (χ0n) is 16.3. The fourth-order valence-corrected chi connectivity index (χ4v) is 4.18. The molecule has 3 aromatic rings. The van der Waals surface area contributed by atoms with Crippen LogP contribution in [-0.4, -0.2) is 22.9 Å². The maximum Gasteiger partial charge on any atom is 0.0647 e. The molecule has 2 aromatic carbocycles. The second kappa shape index (κ2) is 8.11. The van der Waals surface area contributed by atoms with Gasteiger partial charge in [-0.2, -0.15) is 5.10 Å². The van der Waals surface area contributed by atoms with E-state index < -0.39 is 0 Å². The van der Waals surface area contributed by atoms with Crippen molar-refractivity contribution >= 4 is 27.3 Å². The van der Waals surface area contributed by atoms with Crippen LogP contribution in [0.25, 0.3) is 15.5 Å². The second-order valence-corrected chi connectivity index (χ2v) is 8.39. The monoisotopic (exact) mass is 387 g/mol. The van der Waals surface area contributed by atoms with Gasteiger partial charge in [0.15, 0.2) is 0 Å². The molecular formula is C24H25N3S. The Morgan fingerprint density at radius 2 is 1.46 bits per heavy atom. The molecule has 0 atom stereocenters. The highest BCUT2D eigenvalue weighted by molar-refractivity contribution is 8.16. The summed E-state index contributed by atoms with van der Waals surface area (Å²) in [6.07, 6.45) is 6.48. The maximum absolute atomic E-state index is 4.53. The first-order valence-electron chi connectivity index (χ1n) is 9.63. The summed E-state index contributed by atoms with van der Waals surface area (Å²) in [6, 6.07) is 17.0. The molecule has 4 rings (SSSR count). The van der Waals surface area contributed by atoms with E-state index in [9.17, 15) is 0 Å². The number of rotatable bonds is 6. The predicted molar refractivity (Wildman–Crippen MR) is 122 cm³/mol. The molecule has 0 aliphatic carbocycles. The Morgan fingerprint density at radius 3 is 2.14 bits per heavy atom. The van der Waals surface area contributed by atoms with Crippen LogP contribution in [0.15, 0.2) is 74.1 Å². The molecule has 0 radical (unpaired) electrons. The zero-order valence-corrected chi connectivity index (χ0v) is 17.1. The number of aryl methyl sites for hydroxylation is 1. The number of benzene rings is 2. The third kappa shape index (κ3) is 4.07. The van der Waals surface area contributed by atoms with Gasteiger partial charge in [-0.05, 0) is 49.6 Å². The third-order valence-electron chi connectivity index (χ3n) is 5.11. The molecule has 0 N–H and O–H groups in total. The topological polar surface area (TPSA) is 21.1 Å². The first kappa shape index (κ1) is 18.6. The summed E-state index contributed by atoms with van der Waals surface area (Å²) < 4.78 is 1.91. The SMILES string of the molecule is C=C(SC(=C)c1cnn(-c2ccc(N3CCCC3)cc2)c1)c1ccc(C)cc1. The lowest BCUT2D eigenvalue weighted by atomic mass is 10.1. The minimum Gasteiger partial charge on any atom is -0.372 e. The van der Waals surface area contributed by atoms with Crippen LogP contribution in [0.1, 0.15) is 29.5 Å². The molecular weight excluding hydrogens is 362 g/mol. The summed E-state index contributed by atoms with van der Waals surface area (Å²) in [5.41, 5.74) is 5.74. The Morgan fingerprint density at radius 1 is 0.857 bits per heavy atom. The van der Waals surface area contributed by atoms with E-state index in [1.807, 2.05) is 17.1 Å². The normalized spacial score (nSPS) is 13.7. The van der Waals surface area contributed by atoms with Crippen molar-refractivity contribution < 1.29 is 0 Å². The van der Waals surface area contributed by atoms with Gasteiger partial charge < -0.3 is 4.90 Å². The highest BCUT2D eigenvalue weighted by Gasteiger charge is 2.12. The minimum atomic E-state index is 0.950. The van der Waals surface area contributed by atoms with E-state index in [0.717, 1.165) is 39.7 Å². The molecule has 3 nitrogen and oxygen atoms in total. The highest BCUT2D eigenvalue weighted by atomic mass is 32.2. The van der Waals surface area contributed by atoms with Crippen molar-refractivity contribution in [3.05, 3.63) is 90.8 Å². The van der Waals surface area contributed by atoms with E-state index in [2.05, 4.69) is 78.6 Å². The largest absolute Gasteiger partial charge is 0.372 e. The van der Waals surface area contributed by atoms with Gasteiger partial charge >= 0.3 is 0 Å². The molecule has 1 saturated heterocycles. The van der Waals surface area contributed by atoms with E-state index in [1.54, 1.807) is 11.8 Å². The van der Waals surface area contributed by atoms with E-state index in [1.165, 1.54) is 24.1 Å². The molecule has 0 unspecified atom stereocenters. The molecule has 0 spiro atoms. The van der Waals surface area contributed by atoms with Gasteiger partial charge in [-0.1, -0.05) is 54.7 Å².